The average Bonchev–Trinajstić information content (AvgIpc) is 3.17. The van der Waals surface area contributed by atoms with E-state index in [9.17, 15) is 9.59 Å². The number of rotatable bonds is 9. The number of amides is 1. The molecule has 2 atom stereocenters. The maximum Gasteiger partial charge on any atom is 0.221 e. The fourth-order valence-electron chi connectivity index (χ4n) is 3.72. The molecular weight excluding hydrogens is 446 g/mol. The first kappa shape index (κ1) is 22.1. The molecule has 3 aromatic rings. The van der Waals surface area contributed by atoms with E-state index in [1.807, 2.05) is 54.7 Å². The molecule has 6 nitrogen and oxygen atoms in total. The van der Waals surface area contributed by atoms with E-state index in [0.29, 0.717) is 12.2 Å². The van der Waals surface area contributed by atoms with Crippen molar-refractivity contribution in [3.05, 3.63) is 65.9 Å². The van der Waals surface area contributed by atoms with Gasteiger partial charge in [-0.1, -0.05) is 52.3 Å². The first-order valence-electron chi connectivity index (χ1n) is 9.74. The number of H-pyrrole nitrogens is 1. The van der Waals surface area contributed by atoms with Crippen LogP contribution in [0.1, 0.15) is 18.1 Å². The van der Waals surface area contributed by atoms with Crippen molar-refractivity contribution in [1.29, 1.82) is 0 Å². The third kappa shape index (κ3) is 4.74. The summed E-state index contributed by atoms with van der Waals surface area (Å²) in [7, 11) is 1.59. The lowest BCUT2D eigenvalue weighted by molar-refractivity contribution is -0.135. The monoisotopic (exact) mass is 471 g/mol. The molecular formula is C23H26BrN3O3. The first-order valence-corrected chi connectivity index (χ1v) is 10.9. The highest BCUT2D eigenvalue weighted by atomic mass is 79.9. The third-order valence-electron chi connectivity index (χ3n) is 5.37. The van der Waals surface area contributed by atoms with Gasteiger partial charge >= 0.3 is 0 Å². The van der Waals surface area contributed by atoms with E-state index in [4.69, 9.17) is 10.5 Å². The van der Waals surface area contributed by atoms with Crippen LogP contribution in [-0.2, 0) is 22.6 Å². The highest BCUT2D eigenvalue weighted by Gasteiger charge is 2.32. The summed E-state index contributed by atoms with van der Waals surface area (Å²) >= 11 is 3.28. The Morgan fingerprint density at radius 2 is 1.83 bits per heavy atom. The van der Waals surface area contributed by atoms with E-state index in [-0.39, 0.29) is 23.6 Å². The Morgan fingerprint density at radius 3 is 2.53 bits per heavy atom. The summed E-state index contributed by atoms with van der Waals surface area (Å²) < 4.78 is 5.41. The number of benzene rings is 2. The molecule has 158 valence electrons. The second-order valence-electron chi connectivity index (χ2n) is 7.22. The summed E-state index contributed by atoms with van der Waals surface area (Å²) in [6.07, 6.45) is 1.57. The number of ketones is 1. The number of carbonyl (C=O) groups excluding carboxylic acids is 2. The maximum atomic E-state index is 12.8. The van der Waals surface area contributed by atoms with Gasteiger partial charge in [-0.15, -0.1) is 0 Å². The molecule has 7 heteroatoms. The van der Waals surface area contributed by atoms with Crippen molar-refractivity contribution in [2.45, 2.75) is 26.1 Å². The maximum absolute atomic E-state index is 12.8. The lowest BCUT2D eigenvalue weighted by Crippen LogP contribution is -2.52. The predicted molar refractivity (Wildman–Crippen MR) is 121 cm³/mol. The van der Waals surface area contributed by atoms with E-state index in [1.165, 1.54) is 11.8 Å². The number of ether oxygens (including phenoxy) is 1. The van der Waals surface area contributed by atoms with Crippen LogP contribution in [0.25, 0.3) is 10.9 Å². The number of para-hydroxylation sites is 2. The van der Waals surface area contributed by atoms with E-state index in [1.54, 1.807) is 7.11 Å². The fraction of sp³-hybridized carbons (Fsp3) is 0.304. The Bertz CT molecular complexity index is 1030. The summed E-state index contributed by atoms with van der Waals surface area (Å²) in [5.41, 5.74) is 9.39. The van der Waals surface area contributed by atoms with Crippen LogP contribution in [0, 0.1) is 5.92 Å². The second-order valence-corrected chi connectivity index (χ2v) is 7.78. The van der Waals surface area contributed by atoms with Gasteiger partial charge in [0.1, 0.15) is 11.5 Å². The number of aromatic amines is 1. The van der Waals surface area contributed by atoms with Crippen molar-refractivity contribution in [3.8, 4) is 5.75 Å². The number of fused-ring (bicyclic) bond motifs is 1. The Morgan fingerprint density at radius 1 is 1.13 bits per heavy atom. The number of nitrogens with one attached hydrogen (secondary N) is 1. The minimum absolute atomic E-state index is 0.0425. The number of carbonyl (C=O) groups is 2. The lowest BCUT2D eigenvalue weighted by atomic mass is 9.92. The zero-order valence-electron chi connectivity index (χ0n) is 17.1. The Labute approximate surface area is 184 Å². The molecule has 0 aliphatic carbocycles. The Kier molecular flexibility index (Phi) is 7.29. The van der Waals surface area contributed by atoms with Crippen LogP contribution in [0.15, 0.2) is 54.7 Å². The van der Waals surface area contributed by atoms with Gasteiger partial charge in [0.15, 0.2) is 0 Å². The fourth-order valence-corrected chi connectivity index (χ4v) is 4.14. The summed E-state index contributed by atoms with van der Waals surface area (Å²) in [4.78, 5) is 30.1. The molecule has 0 aliphatic heterocycles. The molecule has 2 aromatic carbocycles. The van der Waals surface area contributed by atoms with Gasteiger partial charge in [0.2, 0.25) is 5.91 Å². The zero-order chi connectivity index (χ0) is 21.7. The first-order chi connectivity index (χ1) is 14.5. The molecule has 2 unspecified atom stereocenters. The van der Waals surface area contributed by atoms with Gasteiger partial charge in [0.25, 0.3) is 0 Å². The molecule has 0 bridgehead atoms. The van der Waals surface area contributed by atoms with Crippen molar-refractivity contribution in [2.75, 3.05) is 12.4 Å². The van der Waals surface area contributed by atoms with Crippen LogP contribution in [0.2, 0.25) is 0 Å². The van der Waals surface area contributed by atoms with Crippen molar-refractivity contribution in [1.82, 2.24) is 9.88 Å². The van der Waals surface area contributed by atoms with Crippen LogP contribution >= 0.6 is 15.9 Å². The largest absolute Gasteiger partial charge is 0.496 e. The van der Waals surface area contributed by atoms with Gasteiger partial charge in [-0.3, -0.25) is 9.59 Å². The lowest BCUT2D eigenvalue weighted by Gasteiger charge is -2.33. The molecule has 0 saturated carbocycles. The molecule has 0 saturated heterocycles. The molecule has 0 radical (unpaired) electrons. The number of hydrogen-bond donors (Lipinski definition) is 2. The summed E-state index contributed by atoms with van der Waals surface area (Å²) in [5, 5.41) is 1.23. The molecule has 30 heavy (non-hydrogen) atoms. The summed E-state index contributed by atoms with van der Waals surface area (Å²) in [6, 6.07) is 15.4. The third-order valence-corrected chi connectivity index (χ3v) is 5.92. The van der Waals surface area contributed by atoms with E-state index in [2.05, 4.69) is 20.9 Å². The number of aromatic nitrogens is 1. The molecule has 3 rings (SSSR count). The smallest absolute Gasteiger partial charge is 0.221 e. The molecule has 1 heterocycles. The van der Waals surface area contributed by atoms with Gasteiger partial charge in [0.05, 0.1) is 31.1 Å². The van der Waals surface area contributed by atoms with Gasteiger partial charge in [-0.05, 0) is 24.1 Å². The van der Waals surface area contributed by atoms with E-state index >= 15 is 0 Å². The number of methoxy groups -OCH3 is 1. The van der Waals surface area contributed by atoms with E-state index < -0.39 is 12.1 Å². The number of nitrogens with zero attached hydrogens (tertiary/aromatic N) is 1. The highest BCUT2D eigenvalue weighted by Crippen LogP contribution is 2.26. The van der Waals surface area contributed by atoms with Crippen molar-refractivity contribution in [2.24, 2.45) is 11.7 Å². The average molecular weight is 472 g/mol. The quantitative estimate of drug-likeness (QED) is 0.368. The predicted octanol–water partition coefficient (Wildman–Crippen LogP) is 3.63. The molecule has 1 aromatic heterocycles. The summed E-state index contributed by atoms with van der Waals surface area (Å²) in [5.74, 6) is -0.114. The van der Waals surface area contributed by atoms with Gasteiger partial charge in [0, 0.05) is 29.6 Å². The van der Waals surface area contributed by atoms with Crippen LogP contribution in [0.4, 0.5) is 0 Å². The van der Waals surface area contributed by atoms with E-state index in [0.717, 1.165) is 22.0 Å². The normalized spacial score (nSPS) is 13.1. The SMILES string of the molecule is COc1ccccc1CN(C(C)=O)C(N)C(Cc1c[nH]c2ccccc12)C(=O)CBr. The minimum Gasteiger partial charge on any atom is -0.496 e. The number of alkyl halides is 1. The Hall–Kier alpha value is -2.64. The molecule has 0 aliphatic rings. The number of hydrogen-bond acceptors (Lipinski definition) is 4. The van der Waals surface area contributed by atoms with Crippen LogP contribution in [0.5, 0.6) is 5.75 Å². The van der Waals surface area contributed by atoms with Crippen molar-refractivity contribution >= 4 is 38.5 Å². The minimum atomic E-state index is -0.772. The zero-order valence-corrected chi connectivity index (χ0v) is 18.7. The number of nitrogens with two attached hydrogens (primary N) is 1. The standard InChI is InChI=1S/C23H26BrN3O3/c1-15(28)27(14-16-7-3-6-10-22(16)30-2)23(25)19(21(29)12-24)11-17-13-26-20-9-5-4-8-18(17)20/h3-10,13,19,23,26H,11-12,14,25H2,1-2H3. The van der Waals surface area contributed by atoms with Gasteiger partial charge in [-0.25, -0.2) is 0 Å². The van der Waals surface area contributed by atoms with Crippen LogP contribution in [0.3, 0.4) is 0 Å². The topological polar surface area (TPSA) is 88.4 Å². The molecule has 0 fully saturated rings. The number of Topliss-reactive ketones (excluding diaryl/α,β-unsaturated/α-hetero) is 1. The molecule has 3 N–H and O–H groups in total. The molecule has 0 spiro atoms. The van der Waals surface area contributed by atoms with Crippen LogP contribution in [-0.4, -0.2) is 40.2 Å². The second kappa shape index (κ2) is 9.91. The van der Waals surface area contributed by atoms with Gasteiger partial charge < -0.3 is 20.4 Å². The number of halogens is 1. The highest BCUT2D eigenvalue weighted by molar-refractivity contribution is 9.09. The Balaban J connectivity index is 1.91. The van der Waals surface area contributed by atoms with Crippen LogP contribution < -0.4 is 10.5 Å². The van der Waals surface area contributed by atoms with Gasteiger partial charge in [-0.2, -0.15) is 0 Å². The molecule has 1 amide bonds. The van der Waals surface area contributed by atoms with Crippen molar-refractivity contribution < 1.29 is 14.3 Å². The summed E-state index contributed by atoms with van der Waals surface area (Å²) in [6.45, 7) is 1.73. The van der Waals surface area contributed by atoms with Crippen molar-refractivity contribution in [3.63, 3.8) is 0 Å².